The number of hydrogen-bond acceptors (Lipinski definition) is 3. The highest BCUT2D eigenvalue weighted by atomic mass is 16.6. The summed E-state index contributed by atoms with van der Waals surface area (Å²) in [5.74, 6) is -1.22. The van der Waals surface area contributed by atoms with Crippen LogP contribution in [0.4, 0.5) is 4.79 Å². The zero-order valence-electron chi connectivity index (χ0n) is 11.5. The monoisotopic (exact) mass is 257 g/mol. The van der Waals surface area contributed by atoms with Crippen LogP contribution in [0, 0.1) is 11.8 Å². The van der Waals surface area contributed by atoms with Gasteiger partial charge in [-0.2, -0.15) is 0 Å². The van der Waals surface area contributed by atoms with Crippen LogP contribution in [-0.2, 0) is 9.53 Å². The molecule has 0 radical (unpaired) electrons. The second-order valence-corrected chi connectivity index (χ2v) is 5.99. The Hall–Kier alpha value is -1.26. The number of carbonyl (C=O) groups excluding carboxylic acids is 1. The van der Waals surface area contributed by atoms with Gasteiger partial charge in [0.05, 0.1) is 5.92 Å². The Morgan fingerprint density at radius 2 is 1.89 bits per heavy atom. The van der Waals surface area contributed by atoms with Crippen LogP contribution in [-0.4, -0.2) is 28.8 Å². The lowest BCUT2D eigenvalue weighted by Crippen LogP contribution is -2.47. The van der Waals surface area contributed by atoms with E-state index in [0.717, 1.165) is 12.8 Å². The fourth-order valence-corrected chi connectivity index (χ4v) is 2.37. The minimum Gasteiger partial charge on any atom is -0.481 e. The minimum atomic E-state index is -0.779. The summed E-state index contributed by atoms with van der Waals surface area (Å²) in [7, 11) is 0. The third-order valence-corrected chi connectivity index (χ3v) is 3.32. The number of carboxylic acid groups (broad SMARTS) is 1. The molecule has 18 heavy (non-hydrogen) atoms. The molecule has 0 unspecified atom stereocenters. The van der Waals surface area contributed by atoms with Crippen molar-refractivity contribution in [2.24, 2.45) is 11.8 Å². The van der Waals surface area contributed by atoms with E-state index in [1.54, 1.807) is 20.8 Å². The van der Waals surface area contributed by atoms with Crippen molar-refractivity contribution in [3.63, 3.8) is 0 Å². The molecule has 0 aliphatic heterocycles. The number of carbonyl (C=O) groups is 2. The van der Waals surface area contributed by atoms with Crippen LogP contribution >= 0.6 is 0 Å². The second-order valence-electron chi connectivity index (χ2n) is 5.99. The lowest BCUT2D eigenvalue weighted by molar-refractivity contribution is -0.145. The van der Waals surface area contributed by atoms with Gasteiger partial charge in [-0.05, 0) is 39.5 Å². The van der Waals surface area contributed by atoms with Crippen LogP contribution in [0.2, 0.25) is 0 Å². The topological polar surface area (TPSA) is 75.6 Å². The molecule has 5 heteroatoms. The fourth-order valence-electron chi connectivity index (χ4n) is 2.37. The molecule has 5 nitrogen and oxygen atoms in total. The molecular weight excluding hydrogens is 234 g/mol. The number of carboxylic acids is 1. The number of rotatable bonds is 2. The quantitative estimate of drug-likeness (QED) is 0.796. The predicted molar refractivity (Wildman–Crippen MR) is 67.3 cm³/mol. The SMILES string of the molecule is C[C@@H]1[C@@H](NC(=O)OC(C)(C)C)CCC[C@@H]1C(=O)O. The largest absolute Gasteiger partial charge is 0.481 e. The van der Waals surface area contributed by atoms with Crippen LogP contribution < -0.4 is 5.32 Å². The van der Waals surface area contributed by atoms with E-state index in [9.17, 15) is 9.59 Å². The van der Waals surface area contributed by atoms with Crippen LogP contribution in [0.3, 0.4) is 0 Å². The van der Waals surface area contributed by atoms with E-state index in [0.29, 0.717) is 6.42 Å². The van der Waals surface area contributed by atoms with Crippen LogP contribution in [0.5, 0.6) is 0 Å². The number of ether oxygens (including phenoxy) is 1. The molecule has 0 aromatic heterocycles. The number of nitrogens with one attached hydrogen (secondary N) is 1. The number of hydrogen-bond donors (Lipinski definition) is 2. The Morgan fingerprint density at radius 1 is 1.28 bits per heavy atom. The fraction of sp³-hybridized carbons (Fsp3) is 0.846. The molecule has 0 aromatic rings. The van der Waals surface area contributed by atoms with Gasteiger partial charge >= 0.3 is 12.1 Å². The molecule has 0 heterocycles. The zero-order chi connectivity index (χ0) is 13.9. The summed E-state index contributed by atoms with van der Waals surface area (Å²) in [5, 5.41) is 11.9. The van der Waals surface area contributed by atoms with Crippen molar-refractivity contribution >= 4 is 12.1 Å². The minimum absolute atomic E-state index is 0.0660. The lowest BCUT2D eigenvalue weighted by atomic mass is 9.77. The van der Waals surface area contributed by atoms with E-state index in [1.165, 1.54) is 0 Å². The third kappa shape index (κ3) is 4.20. The summed E-state index contributed by atoms with van der Waals surface area (Å²) in [6, 6.07) is -0.116. The molecule has 0 saturated heterocycles. The van der Waals surface area contributed by atoms with Gasteiger partial charge in [0.15, 0.2) is 0 Å². The van der Waals surface area contributed by atoms with Crippen molar-refractivity contribution in [1.82, 2.24) is 5.32 Å². The van der Waals surface area contributed by atoms with Gasteiger partial charge in [0.1, 0.15) is 5.60 Å². The molecule has 1 saturated carbocycles. The highest BCUT2D eigenvalue weighted by molar-refractivity contribution is 5.71. The van der Waals surface area contributed by atoms with Crippen molar-refractivity contribution in [2.75, 3.05) is 0 Å². The maximum atomic E-state index is 11.7. The predicted octanol–water partition coefficient (Wildman–Crippen LogP) is 2.40. The van der Waals surface area contributed by atoms with Gasteiger partial charge in [-0.3, -0.25) is 4.79 Å². The molecular formula is C13H23NO4. The van der Waals surface area contributed by atoms with E-state index in [1.807, 2.05) is 6.92 Å². The smallest absolute Gasteiger partial charge is 0.407 e. The van der Waals surface area contributed by atoms with Crippen LogP contribution in [0.25, 0.3) is 0 Å². The molecule has 0 spiro atoms. The van der Waals surface area contributed by atoms with Gasteiger partial charge in [0.25, 0.3) is 0 Å². The van der Waals surface area contributed by atoms with Crippen LogP contribution in [0.15, 0.2) is 0 Å². The molecule has 1 aliphatic rings. The highest BCUT2D eigenvalue weighted by Crippen LogP contribution is 2.30. The van der Waals surface area contributed by atoms with E-state index in [4.69, 9.17) is 9.84 Å². The summed E-state index contributed by atoms with van der Waals surface area (Å²) in [6.45, 7) is 7.28. The van der Waals surface area contributed by atoms with Crippen LogP contribution in [0.1, 0.15) is 47.0 Å². The maximum absolute atomic E-state index is 11.7. The van der Waals surface area contributed by atoms with Gasteiger partial charge in [0, 0.05) is 6.04 Å². The normalized spacial score (nSPS) is 28.6. The van der Waals surface area contributed by atoms with E-state index >= 15 is 0 Å². The summed E-state index contributed by atoms with van der Waals surface area (Å²) in [4.78, 5) is 22.7. The van der Waals surface area contributed by atoms with Crippen molar-refractivity contribution in [1.29, 1.82) is 0 Å². The second kappa shape index (κ2) is 5.59. The average molecular weight is 257 g/mol. The standard InChI is InChI=1S/C13H23NO4/c1-8-9(11(15)16)6-5-7-10(8)14-12(17)18-13(2,3)4/h8-10H,5-7H2,1-4H3,(H,14,17)(H,15,16)/t8-,9-,10-/m0/s1. The summed E-state index contributed by atoms with van der Waals surface area (Å²) < 4.78 is 5.19. The number of alkyl carbamates (subject to hydrolysis) is 1. The van der Waals surface area contributed by atoms with Crippen molar-refractivity contribution in [2.45, 2.75) is 58.6 Å². The molecule has 1 amide bonds. The van der Waals surface area contributed by atoms with Crippen molar-refractivity contribution in [3.05, 3.63) is 0 Å². The van der Waals surface area contributed by atoms with Crippen molar-refractivity contribution < 1.29 is 19.4 Å². The van der Waals surface area contributed by atoms with Gasteiger partial charge in [-0.15, -0.1) is 0 Å². The van der Waals surface area contributed by atoms with E-state index in [2.05, 4.69) is 5.32 Å². The Labute approximate surface area is 108 Å². The lowest BCUT2D eigenvalue weighted by Gasteiger charge is -2.34. The molecule has 1 aliphatic carbocycles. The van der Waals surface area contributed by atoms with Gasteiger partial charge < -0.3 is 15.2 Å². The first-order chi connectivity index (χ1) is 8.20. The van der Waals surface area contributed by atoms with Gasteiger partial charge in [-0.25, -0.2) is 4.79 Å². The first kappa shape index (κ1) is 14.8. The summed E-state index contributed by atoms with van der Waals surface area (Å²) >= 11 is 0. The van der Waals surface area contributed by atoms with E-state index < -0.39 is 17.7 Å². The van der Waals surface area contributed by atoms with Crippen molar-refractivity contribution in [3.8, 4) is 0 Å². The van der Waals surface area contributed by atoms with Gasteiger partial charge in [0.2, 0.25) is 0 Å². The number of amides is 1. The molecule has 104 valence electrons. The highest BCUT2D eigenvalue weighted by Gasteiger charge is 2.35. The molecule has 2 N–H and O–H groups in total. The Morgan fingerprint density at radius 3 is 2.39 bits per heavy atom. The molecule has 0 aromatic carbocycles. The summed E-state index contributed by atoms with van der Waals surface area (Å²) in [6.07, 6.45) is 1.85. The zero-order valence-corrected chi connectivity index (χ0v) is 11.5. The molecule has 1 rings (SSSR count). The molecule has 3 atom stereocenters. The van der Waals surface area contributed by atoms with E-state index in [-0.39, 0.29) is 17.9 Å². The first-order valence-corrected chi connectivity index (χ1v) is 6.43. The maximum Gasteiger partial charge on any atom is 0.407 e. The summed E-state index contributed by atoms with van der Waals surface area (Å²) in [5.41, 5.74) is -0.534. The molecule has 0 bridgehead atoms. The Balaban J connectivity index is 2.56. The average Bonchev–Trinajstić information content (AvgIpc) is 2.17. The van der Waals surface area contributed by atoms with Gasteiger partial charge in [-0.1, -0.05) is 13.3 Å². The first-order valence-electron chi connectivity index (χ1n) is 6.43. The Bertz CT molecular complexity index is 321. The number of aliphatic carboxylic acids is 1. The third-order valence-electron chi connectivity index (χ3n) is 3.32. The Kier molecular flexibility index (Phi) is 4.59. The molecule has 1 fully saturated rings.